The predicted octanol–water partition coefficient (Wildman–Crippen LogP) is 1.27. The van der Waals surface area contributed by atoms with E-state index in [1.165, 1.54) is 10.9 Å². The van der Waals surface area contributed by atoms with Gasteiger partial charge in [-0.15, -0.1) is 0 Å². The minimum absolute atomic E-state index is 0.0792. The van der Waals surface area contributed by atoms with E-state index in [0.717, 1.165) is 12.6 Å². The van der Waals surface area contributed by atoms with Crippen molar-refractivity contribution in [2.24, 2.45) is 0 Å². The van der Waals surface area contributed by atoms with Crippen LogP contribution in [0.4, 0.5) is 5.69 Å². The fourth-order valence-electron chi connectivity index (χ4n) is 1.22. The molecule has 1 aromatic rings. The molecule has 1 amide bonds. The highest BCUT2D eigenvalue weighted by Crippen LogP contribution is 2.13. The Morgan fingerprint density at radius 1 is 1.65 bits per heavy atom. The van der Waals surface area contributed by atoms with Crippen LogP contribution in [0.3, 0.4) is 0 Å². The van der Waals surface area contributed by atoms with Gasteiger partial charge in [0.2, 0.25) is 5.91 Å². The summed E-state index contributed by atoms with van der Waals surface area (Å²) in [7, 11) is 0. The maximum atomic E-state index is 11.8. The van der Waals surface area contributed by atoms with Crippen LogP contribution < -0.4 is 5.32 Å². The van der Waals surface area contributed by atoms with Crippen LogP contribution in [0.1, 0.15) is 33.2 Å². The molecule has 0 bridgehead atoms. The fourth-order valence-corrected chi connectivity index (χ4v) is 1.22. The van der Waals surface area contributed by atoms with Gasteiger partial charge in [0.05, 0.1) is 4.92 Å². The molecule has 0 saturated heterocycles. The van der Waals surface area contributed by atoms with Crippen molar-refractivity contribution < 1.29 is 9.72 Å². The van der Waals surface area contributed by atoms with Gasteiger partial charge in [-0.3, -0.25) is 19.6 Å². The number of carbonyl (C=O) groups is 1. The van der Waals surface area contributed by atoms with Crippen LogP contribution in [0.15, 0.2) is 12.4 Å². The number of rotatable bonds is 5. The van der Waals surface area contributed by atoms with E-state index in [1.807, 2.05) is 13.8 Å². The highest BCUT2D eigenvalue weighted by atomic mass is 16.6. The standard InChI is InChI=1S/C10H16N4O3/c1-4-7(2)12-10(15)8(3)13-6-9(5-11-13)14(16)17/h5-8H,4H2,1-3H3,(H,12,15). The Labute approximate surface area is 99.0 Å². The Hall–Kier alpha value is -1.92. The summed E-state index contributed by atoms with van der Waals surface area (Å²) in [6.45, 7) is 5.51. The van der Waals surface area contributed by atoms with Gasteiger partial charge in [0.25, 0.3) is 0 Å². The summed E-state index contributed by atoms with van der Waals surface area (Å²) in [5.74, 6) is -0.197. The Morgan fingerprint density at radius 3 is 2.76 bits per heavy atom. The lowest BCUT2D eigenvalue weighted by atomic mass is 10.2. The molecule has 1 rings (SSSR count). The summed E-state index contributed by atoms with van der Waals surface area (Å²) in [5, 5.41) is 17.1. The van der Waals surface area contributed by atoms with Gasteiger partial charge >= 0.3 is 5.69 Å². The largest absolute Gasteiger partial charge is 0.352 e. The van der Waals surface area contributed by atoms with E-state index in [4.69, 9.17) is 0 Å². The van der Waals surface area contributed by atoms with Gasteiger partial charge in [-0.25, -0.2) is 0 Å². The van der Waals surface area contributed by atoms with Crippen molar-refractivity contribution in [2.75, 3.05) is 0 Å². The second-order valence-electron chi connectivity index (χ2n) is 3.93. The molecular formula is C10H16N4O3. The van der Waals surface area contributed by atoms with E-state index in [2.05, 4.69) is 10.4 Å². The minimum Gasteiger partial charge on any atom is -0.352 e. The Kier molecular flexibility index (Phi) is 4.19. The second kappa shape index (κ2) is 5.42. The Bertz CT molecular complexity index is 415. The zero-order valence-electron chi connectivity index (χ0n) is 10.1. The number of nitrogens with one attached hydrogen (secondary N) is 1. The molecule has 0 spiro atoms. The number of hydrogen-bond acceptors (Lipinski definition) is 4. The molecule has 17 heavy (non-hydrogen) atoms. The number of nitrogens with zero attached hydrogens (tertiary/aromatic N) is 3. The number of carbonyl (C=O) groups excluding carboxylic acids is 1. The lowest BCUT2D eigenvalue weighted by Crippen LogP contribution is -2.37. The second-order valence-corrected chi connectivity index (χ2v) is 3.93. The van der Waals surface area contributed by atoms with Crippen LogP contribution in [0.5, 0.6) is 0 Å². The van der Waals surface area contributed by atoms with Gasteiger partial charge in [-0.2, -0.15) is 5.10 Å². The van der Waals surface area contributed by atoms with Crippen molar-refractivity contribution in [1.82, 2.24) is 15.1 Å². The zero-order chi connectivity index (χ0) is 13.0. The molecule has 0 aliphatic rings. The van der Waals surface area contributed by atoms with E-state index >= 15 is 0 Å². The molecule has 0 fully saturated rings. The van der Waals surface area contributed by atoms with Crippen LogP contribution >= 0.6 is 0 Å². The topological polar surface area (TPSA) is 90.1 Å². The highest BCUT2D eigenvalue weighted by molar-refractivity contribution is 5.80. The number of amides is 1. The van der Waals surface area contributed by atoms with E-state index in [-0.39, 0.29) is 17.6 Å². The molecule has 1 heterocycles. The summed E-state index contributed by atoms with van der Waals surface area (Å²) >= 11 is 0. The zero-order valence-corrected chi connectivity index (χ0v) is 10.1. The van der Waals surface area contributed by atoms with Gasteiger partial charge in [0, 0.05) is 6.04 Å². The van der Waals surface area contributed by atoms with Crippen LogP contribution in [0, 0.1) is 10.1 Å². The molecular weight excluding hydrogens is 224 g/mol. The molecule has 2 unspecified atom stereocenters. The third-order valence-electron chi connectivity index (χ3n) is 2.58. The van der Waals surface area contributed by atoms with Crippen molar-refractivity contribution in [1.29, 1.82) is 0 Å². The van der Waals surface area contributed by atoms with Crippen molar-refractivity contribution in [3.63, 3.8) is 0 Å². The third kappa shape index (κ3) is 3.27. The molecule has 0 aliphatic carbocycles. The summed E-state index contributed by atoms with van der Waals surface area (Å²) < 4.78 is 1.29. The quantitative estimate of drug-likeness (QED) is 0.619. The van der Waals surface area contributed by atoms with Crippen molar-refractivity contribution in [3.8, 4) is 0 Å². The first-order valence-electron chi connectivity index (χ1n) is 5.44. The average Bonchev–Trinajstić information content (AvgIpc) is 2.77. The first kappa shape index (κ1) is 13.1. The highest BCUT2D eigenvalue weighted by Gasteiger charge is 2.19. The monoisotopic (exact) mass is 240 g/mol. The first-order chi connectivity index (χ1) is 7.95. The molecule has 94 valence electrons. The van der Waals surface area contributed by atoms with Crippen molar-refractivity contribution in [2.45, 2.75) is 39.3 Å². The lowest BCUT2D eigenvalue weighted by Gasteiger charge is -2.16. The fraction of sp³-hybridized carbons (Fsp3) is 0.600. The normalized spacial score (nSPS) is 14.1. The van der Waals surface area contributed by atoms with Gasteiger partial charge < -0.3 is 5.32 Å². The maximum Gasteiger partial charge on any atom is 0.307 e. The average molecular weight is 240 g/mol. The Balaban J connectivity index is 2.71. The van der Waals surface area contributed by atoms with Crippen molar-refractivity contribution in [3.05, 3.63) is 22.5 Å². The SMILES string of the molecule is CCC(C)NC(=O)C(C)n1cc([N+](=O)[O-])cn1. The van der Waals surface area contributed by atoms with Gasteiger partial charge in [0.1, 0.15) is 18.4 Å². The first-order valence-corrected chi connectivity index (χ1v) is 5.44. The summed E-state index contributed by atoms with van der Waals surface area (Å²) in [6.07, 6.45) is 3.21. The molecule has 1 aromatic heterocycles. The van der Waals surface area contributed by atoms with Crippen LogP contribution in [0.2, 0.25) is 0 Å². The summed E-state index contributed by atoms with van der Waals surface area (Å²) in [5.41, 5.74) is -0.117. The molecule has 0 saturated carbocycles. The molecule has 7 heteroatoms. The molecule has 1 N–H and O–H groups in total. The molecule has 0 radical (unpaired) electrons. The third-order valence-corrected chi connectivity index (χ3v) is 2.58. The van der Waals surface area contributed by atoms with E-state index in [0.29, 0.717) is 0 Å². The number of aromatic nitrogens is 2. The van der Waals surface area contributed by atoms with E-state index in [9.17, 15) is 14.9 Å². The molecule has 2 atom stereocenters. The molecule has 7 nitrogen and oxygen atoms in total. The van der Waals surface area contributed by atoms with Crippen LogP contribution in [0.25, 0.3) is 0 Å². The summed E-state index contributed by atoms with van der Waals surface area (Å²) in [6, 6.07) is -0.479. The van der Waals surface area contributed by atoms with Crippen molar-refractivity contribution >= 4 is 11.6 Å². The molecule has 0 aliphatic heterocycles. The smallest absolute Gasteiger partial charge is 0.307 e. The Morgan fingerprint density at radius 2 is 2.29 bits per heavy atom. The van der Waals surface area contributed by atoms with Gasteiger partial charge in [-0.05, 0) is 20.3 Å². The van der Waals surface area contributed by atoms with E-state index in [1.54, 1.807) is 6.92 Å². The van der Waals surface area contributed by atoms with E-state index < -0.39 is 11.0 Å². The van der Waals surface area contributed by atoms with Crippen LogP contribution in [-0.2, 0) is 4.79 Å². The summed E-state index contributed by atoms with van der Waals surface area (Å²) in [4.78, 5) is 21.7. The minimum atomic E-state index is -0.558. The number of hydrogen-bond donors (Lipinski definition) is 1. The predicted molar refractivity (Wildman–Crippen MR) is 61.5 cm³/mol. The molecule has 0 aromatic carbocycles. The van der Waals surface area contributed by atoms with Gasteiger partial charge in [-0.1, -0.05) is 6.92 Å². The van der Waals surface area contributed by atoms with Gasteiger partial charge in [0.15, 0.2) is 0 Å². The van der Waals surface area contributed by atoms with Crippen LogP contribution in [-0.4, -0.2) is 26.7 Å². The number of nitro groups is 1. The lowest BCUT2D eigenvalue weighted by molar-refractivity contribution is -0.385. The maximum absolute atomic E-state index is 11.8.